The van der Waals surface area contributed by atoms with E-state index in [2.05, 4.69) is 10.2 Å². The number of aliphatic hydroxyl groups is 1. The molecular formula is C32H37N3O6. The Balaban J connectivity index is 1.40. The summed E-state index contributed by atoms with van der Waals surface area (Å²) in [5.74, 6) is 1.33. The largest absolute Gasteiger partial charge is 0.486 e. The van der Waals surface area contributed by atoms with Gasteiger partial charge in [0.15, 0.2) is 17.2 Å². The summed E-state index contributed by atoms with van der Waals surface area (Å²) in [4.78, 5) is 30.6. The number of carbonyl (C=O) groups excluding carboxylic acids is 2. The Morgan fingerprint density at radius 3 is 2.63 bits per heavy atom. The van der Waals surface area contributed by atoms with Gasteiger partial charge in [-0.3, -0.25) is 14.5 Å². The van der Waals surface area contributed by atoms with E-state index >= 15 is 0 Å². The summed E-state index contributed by atoms with van der Waals surface area (Å²) in [5.41, 5.74) is 2.78. The number of rotatable bonds is 9. The fourth-order valence-electron chi connectivity index (χ4n) is 5.26. The van der Waals surface area contributed by atoms with Gasteiger partial charge >= 0.3 is 0 Å². The van der Waals surface area contributed by atoms with Gasteiger partial charge < -0.3 is 29.5 Å². The van der Waals surface area contributed by atoms with Crippen molar-refractivity contribution in [3.8, 4) is 17.2 Å². The number of likely N-dealkylation sites (N-methyl/N-ethyl adjacent to an activating group) is 1. The van der Waals surface area contributed by atoms with E-state index < -0.39 is 0 Å². The molecule has 0 spiro atoms. The lowest BCUT2D eigenvalue weighted by Crippen LogP contribution is -2.49. The quantitative estimate of drug-likeness (QED) is 0.410. The molecule has 9 nitrogen and oxygen atoms in total. The molecule has 2 aliphatic heterocycles. The highest BCUT2D eigenvalue weighted by molar-refractivity contribution is 6.02. The van der Waals surface area contributed by atoms with Crippen LogP contribution in [0.5, 0.6) is 17.2 Å². The maximum Gasteiger partial charge on any atom is 0.258 e. The number of nitrogens with one attached hydrogen (secondary N) is 1. The number of hydrogen-bond donors (Lipinski definition) is 2. The Hall–Kier alpha value is -4.08. The van der Waals surface area contributed by atoms with E-state index in [4.69, 9.17) is 14.2 Å². The fourth-order valence-corrected chi connectivity index (χ4v) is 5.26. The Labute approximate surface area is 240 Å². The van der Waals surface area contributed by atoms with Gasteiger partial charge in [0, 0.05) is 25.6 Å². The number of anilines is 1. The van der Waals surface area contributed by atoms with Crippen molar-refractivity contribution in [1.29, 1.82) is 0 Å². The van der Waals surface area contributed by atoms with Gasteiger partial charge in [0.05, 0.1) is 30.3 Å². The van der Waals surface area contributed by atoms with Gasteiger partial charge in [-0.2, -0.15) is 0 Å². The zero-order valence-corrected chi connectivity index (χ0v) is 23.7. The predicted molar refractivity (Wildman–Crippen MR) is 155 cm³/mol. The smallest absolute Gasteiger partial charge is 0.258 e. The number of benzene rings is 3. The van der Waals surface area contributed by atoms with Crippen molar-refractivity contribution < 1.29 is 28.9 Å². The molecule has 0 fully saturated rings. The van der Waals surface area contributed by atoms with Crippen molar-refractivity contribution >= 4 is 17.5 Å². The molecule has 0 aromatic heterocycles. The third-order valence-electron chi connectivity index (χ3n) is 7.55. The van der Waals surface area contributed by atoms with Gasteiger partial charge in [0.2, 0.25) is 12.7 Å². The van der Waals surface area contributed by atoms with Crippen LogP contribution in [0.2, 0.25) is 0 Å². The second-order valence-corrected chi connectivity index (χ2v) is 10.9. The first-order chi connectivity index (χ1) is 19.8. The molecule has 5 rings (SSSR count). The molecule has 0 saturated heterocycles. The molecule has 2 heterocycles. The molecule has 0 bridgehead atoms. The van der Waals surface area contributed by atoms with Crippen molar-refractivity contribution in [2.75, 3.05) is 38.9 Å². The first kappa shape index (κ1) is 28.4. The number of amides is 2. The summed E-state index contributed by atoms with van der Waals surface area (Å²) in [7, 11) is 2.02. The number of hydrogen-bond acceptors (Lipinski definition) is 7. The average molecular weight is 560 g/mol. The van der Waals surface area contributed by atoms with Crippen LogP contribution < -0.4 is 19.5 Å². The van der Waals surface area contributed by atoms with Crippen molar-refractivity contribution in [2.45, 2.75) is 39.0 Å². The van der Waals surface area contributed by atoms with E-state index in [9.17, 15) is 14.7 Å². The minimum atomic E-state index is -0.376. The van der Waals surface area contributed by atoms with Crippen LogP contribution >= 0.6 is 0 Å². The van der Waals surface area contributed by atoms with Gasteiger partial charge in [0.1, 0.15) is 6.10 Å². The number of ether oxygens (including phenoxy) is 3. The normalized spacial score (nSPS) is 18.8. The number of carbonyl (C=O) groups is 2. The van der Waals surface area contributed by atoms with Gasteiger partial charge in [-0.1, -0.05) is 49.4 Å². The van der Waals surface area contributed by atoms with E-state index in [1.807, 2.05) is 69.4 Å². The molecule has 3 aromatic carbocycles. The Bertz CT molecular complexity index is 1380. The number of nitrogens with zero attached hydrogens (tertiary/aromatic N) is 2. The summed E-state index contributed by atoms with van der Waals surface area (Å²) in [6, 6.07) is 20.3. The Kier molecular flexibility index (Phi) is 8.75. The highest BCUT2D eigenvalue weighted by atomic mass is 16.7. The highest BCUT2D eigenvalue weighted by Gasteiger charge is 2.34. The van der Waals surface area contributed by atoms with Crippen LogP contribution in [-0.4, -0.2) is 72.4 Å². The SMILES string of the molecule is C[C@H](CO)N1C[C@H](C)[C@@H](CN(C)Cc2ccc3c(c2)OCO3)Oc2c(NC(=O)Cc3ccccc3)cccc2C1=O. The van der Waals surface area contributed by atoms with E-state index in [1.165, 1.54) is 0 Å². The van der Waals surface area contributed by atoms with Crippen LogP contribution in [0.4, 0.5) is 5.69 Å². The third kappa shape index (κ3) is 6.64. The minimum Gasteiger partial charge on any atom is -0.486 e. The summed E-state index contributed by atoms with van der Waals surface area (Å²) >= 11 is 0. The maximum atomic E-state index is 13.7. The average Bonchev–Trinajstić information content (AvgIpc) is 3.43. The number of fused-ring (bicyclic) bond motifs is 2. The summed E-state index contributed by atoms with van der Waals surface area (Å²) in [6.07, 6.45) is -0.106. The number of aliphatic hydroxyl groups excluding tert-OH is 1. The van der Waals surface area contributed by atoms with Crippen molar-refractivity contribution in [1.82, 2.24) is 9.80 Å². The monoisotopic (exact) mass is 559 g/mol. The van der Waals surface area contributed by atoms with Crippen molar-refractivity contribution in [3.63, 3.8) is 0 Å². The lowest BCUT2D eigenvalue weighted by molar-refractivity contribution is -0.115. The maximum absolute atomic E-state index is 13.7. The molecule has 0 aliphatic carbocycles. The topological polar surface area (TPSA) is 101 Å². The first-order valence-electron chi connectivity index (χ1n) is 13.9. The van der Waals surface area contributed by atoms with Crippen LogP contribution in [0.3, 0.4) is 0 Å². The van der Waals surface area contributed by atoms with Crippen molar-refractivity contribution in [3.05, 3.63) is 83.4 Å². The van der Waals surface area contributed by atoms with Crippen LogP contribution in [0.1, 0.15) is 35.3 Å². The minimum absolute atomic E-state index is 0.0617. The van der Waals surface area contributed by atoms with E-state index in [1.54, 1.807) is 23.1 Å². The summed E-state index contributed by atoms with van der Waals surface area (Å²) < 4.78 is 17.6. The zero-order valence-electron chi connectivity index (χ0n) is 23.7. The summed E-state index contributed by atoms with van der Waals surface area (Å²) in [6.45, 7) is 5.60. The highest BCUT2D eigenvalue weighted by Crippen LogP contribution is 2.36. The van der Waals surface area contributed by atoms with Gasteiger partial charge in [-0.25, -0.2) is 0 Å². The van der Waals surface area contributed by atoms with Crippen LogP contribution in [0.25, 0.3) is 0 Å². The molecule has 0 unspecified atom stereocenters. The van der Waals surface area contributed by atoms with Crippen molar-refractivity contribution in [2.24, 2.45) is 5.92 Å². The van der Waals surface area contributed by atoms with E-state index in [0.717, 1.165) is 22.6 Å². The molecule has 3 aromatic rings. The number of para-hydroxylation sites is 1. The molecule has 216 valence electrons. The van der Waals surface area contributed by atoms with Crippen LogP contribution in [-0.2, 0) is 17.8 Å². The molecule has 2 aliphatic rings. The van der Waals surface area contributed by atoms with Gasteiger partial charge in [-0.05, 0) is 49.4 Å². The van der Waals surface area contributed by atoms with Gasteiger partial charge in [-0.15, -0.1) is 0 Å². The standard InChI is InChI=1S/C32H37N3O6/c1-21-16-35(22(2)19-36)32(38)25-10-7-11-26(33-30(37)15-23-8-5-4-6-9-23)31(25)41-29(21)18-34(3)17-24-12-13-27-28(14-24)40-20-39-27/h4-14,21-22,29,36H,15-20H2,1-3H3,(H,33,37)/t21-,22+,29+/m0/s1. The predicted octanol–water partition coefficient (Wildman–Crippen LogP) is 3.95. The second kappa shape index (κ2) is 12.6. The Morgan fingerprint density at radius 1 is 1.07 bits per heavy atom. The van der Waals surface area contributed by atoms with Crippen LogP contribution in [0.15, 0.2) is 66.7 Å². The third-order valence-corrected chi connectivity index (χ3v) is 7.55. The molecule has 2 amide bonds. The molecule has 2 N–H and O–H groups in total. The fraction of sp³-hybridized carbons (Fsp3) is 0.375. The molecule has 0 saturated carbocycles. The molecule has 3 atom stereocenters. The van der Waals surface area contributed by atoms with Gasteiger partial charge in [0.25, 0.3) is 5.91 Å². The lowest BCUT2D eigenvalue weighted by Gasteiger charge is -2.38. The molecule has 41 heavy (non-hydrogen) atoms. The van der Waals surface area contributed by atoms with E-state index in [0.29, 0.717) is 36.6 Å². The molecule has 9 heteroatoms. The van der Waals surface area contributed by atoms with E-state index in [-0.39, 0.29) is 49.7 Å². The molecule has 0 radical (unpaired) electrons. The lowest BCUT2D eigenvalue weighted by atomic mass is 9.98. The van der Waals surface area contributed by atoms with Crippen LogP contribution in [0, 0.1) is 5.92 Å². The Morgan fingerprint density at radius 2 is 1.85 bits per heavy atom. The summed E-state index contributed by atoms with van der Waals surface area (Å²) in [5, 5.41) is 12.9. The first-order valence-corrected chi connectivity index (χ1v) is 13.9. The zero-order chi connectivity index (χ0) is 28.9. The second-order valence-electron chi connectivity index (χ2n) is 10.9. The molecular weight excluding hydrogens is 522 g/mol.